The number of carbonyl (C=O) groups excluding carboxylic acids is 1. The summed E-state index contributed by atoms with van der Waals surface area (Å²) in [6.45, 7) is 4.56. The van der Waals surface area contributed by atoms with Crippen LogP contribution in [-0.2, 0) is 4.79 Å². The Morgan fingerprint density at radius 1 is 1.22 bits per heavy atom. The van der Waals surface area contributed by atoms with Crippen LogP contribution in [0.1, 0.15) is 36.9 Å². The number of nitrogens with zero attached hydrogens (tertiary/aromatic N) is 2. The minimum absolute atomic E-state index is 0.0352. The van der Waals surface area contributed by atoms with Crippen molar-refractivity contribution in [2.75, 3.05) is 6.61 Å². The van der Waals surface area contributed by atoms with E-state index in [1.165, 1.54) is 0 Å². The Hall–Kier alpha value is -3.08. The Morgan fingerprint density at radius 2 is 2.04 bits per heavy atom. The summed E-state index contributed by atoms with van der Waals surface area (Å²) in [5.74, 6) is 0.885. The molecule has 5 nitrogen and oxygen atoms in total. The molecule has 1 N–H and O–H groups in total. The van der Waals surface area contributed by atoms with Crippen molar-refractivity contribution in [2.45, 2.75) is 32.7 Å². The number of carbonyl (C=O) groups is 1. The van der Waals surface area contributed by atoms with Gasteiger partial charge >= 0.3 is 0 Å². The zero-order valence-electron chi connectivity index (χ0n) is 15.8. The van der Waals surface area contributed by atoms with Crippen molar-refractivity contribution in [3.8, 4) is 11.4 Å². The number of benzene rings is 2. The van der Waals surface area contributed by atoms with E-state index in [2.05, 4.69) is 10.3 Å². The van der Waals surface area contributed by atoms with Crippen LogP contribution in [-0.4, -0.2) is 22.1 Å². The number of nitrogens with one attached hydrogen (secondary N) is 1. The standard InChI is InChI=1S/C22H25N3O2/c1-17-5-3-6-21(15-17)27-14-4-7-22(26)24-18(2)19-8-10-20(11-9-19)25-13-12-23-16-25/h3,5-6,8-13,15-16,18H,4,7,14H2,1-2H3,(H,24,26). The summed E-state index contributed by atoms with van der Waals surface area (Å²) in [6, 6.07) is 16.0. The fourth-order valence-electron chi connectivity index (χ4n) is 2.87. The van der Waals surface area contributed by atoms with E-state index in [9.17, 15) is 4.79 Å². The minimum Gasteiger partial charge on any atom is -0.494 e. The summed E-state index contributed by atoms with van der Waals surface area (Å²) in [7, 11) is 0. The summed E-state index contributed by atoms with van der Waals surface area (Å²) < 4.78 is 7.63. The summed E-state index contributed by atoms with van der Waals surface area (Å²) in [5, 5.41) is 3.04. The van der Waals surface area contributed by atoms with Crippen molar-refractivity contribution in [3.63, 3.8) is 0 Å². The molecule has 0 aliphatic rings. The van der Waals surface area contributed by atoms with Crippen molar-refractivity contribution in [3.05, 3.63) is 78.4 Å². The molecule has 0 aliphatic carbocycles. The highest BCUT2D eigenvalue weighted by atomic mass is 16.5. The molecule has 1 atom stereocenters. The molecule has 0 saturated carbocycles. The van der Waals surface area contributed by atoms with Crippen molar-refractivity contribution in [2.24, 2.45) is 0 Å². The predicted octanol–water partition coefficient (Wildman–Crippen LogP) is 4.22. The number of imidazole rings is 1. The van der Waals surface area contributed by atoms with Crippen LogP contribution in [0.25, 0.3) is 5.69 Å². The van der Waals surface area contributed by atoms with E-state index in [0.29, 0.717) is 19.4 Å². The number of hydrogen-bond acceptors (Lipinski definition) is 3. The third kappa shape index (κ3) is 5.45. The van der Waals surface area contributed by atoms with Gasteiger partial charge in [0.25, 0.3) is 0 Å². The fourth-order valence-corrected chi connectivity index (χ4v) is 2.87. The average Bonchev–Trinajstić information content (AvgIpc) is 3.20. The number of aromatic nitrogens is 2. The smallest absolute Gasteiger partial charge is 0.220 e. The van der Waals surface area contributed by atoms with Crippen LogP contribution < -0.4 is 10.1 Å². The molecule has 1 heterocycles. The first-order valence-corrected chi connectivity index (χ1v) is 9.19. The summed E-state index contributed by atoms with van der Waals surface area (Å²) >= 11 is 0. The molecule has 3 rings (SSSR count). The molecule has 0 aliphatic heterocycles. The van der Waals surface area contributed by atoms with E-state index in [-0.39, 0.29) is 11.9 Å². The highest BCUT2D eigenvalue weighted by Gasteiger charge is 2.10. The highest BCUT2D eigenvalue weighted by molar-refractivity contribution is 5.76. The van der Waals surface area contributed by atoms with Gasteiger partial charge in [-0.1, -0.05) is 24.3 Å². The summed E-state index contributed by atoms with van der Waals surface area (Å²) in [5.41, 5.74) is 3.28. The molecule has 3 aromatic rings. The normalized spacial score (nSPS) is 11.8. The second kappa shape index (κ2) is 9.03. The Balaban J connectivity index is 1.42. The molecule has 0 saturated heterocycles. The number of hydrogen-bond donors (Lipinski definition) is 1. The molecule has 1 aromatic heterocycles. The van der Waals surface area contributed by atoms with Gasteiger partial charge in [0, 0.05) is 24.5 Å². The van der Waals surface area contributed by atoms with E-state index >= 15 is 0 Å². The Kier molecular flexibility index (Phi) is 6.26. The van der Waals surface area contributed by atoms with E-state index < -0.39 is 0 Å². The molecular weight excluding hydrogens is 338 g/mol. The first kappa shape index (κ1) is 18.7. The van der Waals surface area contributed by atoms with Crippen LogP contribution >= 0.6 is 0 Å². The molecular formula is C22H25N3O2. The third-order valence-electron chi connectivity index (χ3n) is 4.38. The van der Waals surface area contributed by atoms with Gasteiger partial charge in [0.1, 0.15) is 5.75 Å². The van der Waals surface area contributed by atoms with Crippen LogP contribution in [0.3, 0.4) is 0 Å². The molecule has 1 amide bonds. The number of amides is 1. The van der Waals surface area contributed by atoms with Gasteiger partial charge in [-0.05, 0) is 55.7 Å². The Labute approximate surface area is 160 Å². The first-order valence-electron chi connectivity index (χ1n) is 9.19. The monoisotopic (exact) mass is 363 g/mol. The van der Waals surface area contributed by atoms with Crippen LogP contribution in [0.4, 0.5) is 0 Å². The van der Waals surface area contributed by atoms with E-state index in [1.54, 1.807) is 12.5 Å². The lowest BCUT2D eigenvalue weighted by atomic mass is 10.1. The molecule has 0 spiro atoms. The van der Waals surface area contributed by atoms with Crippen LogP contribution in [0, 0.1) is 6.92 Å². The lowest BCUT2D eigenvalue weighted by Gasteiger charge is -2.15. The predicted molar refractivity (Wildman–Crippen MR) is 106 cm³/mol. The SMILES string of the molecule is Cc1cccc(OCCCC(=O)NC(C)c2ccc(-n3ccnc3)cc2)c1. The number of ether oxygens (including phenoxy) is 1. The van der Waals surface area contributed by atoms with Crippen LogP contribution in [0.5, 0.6) is 5.75 Å². The zero-order chi connectivity index (χ0) is 19.1. The minimum atomic E-state index is -0.0352. The Morgan fingerprint density at radius 3 is 2.74 bits per heavy atom. The van der Waals surface area contributed by atoms with Crippen molar-refractivity contribution < 1.29 is 9.53 Å². The third-order valence-corrected chi connectivity index (χ3v) is 4.38. The fraction of sp³-hybridized carbons (Fsp3) is 0.273. The van der Waals surface area contributed by atoms with Gasteiger partial charge in [-0.2, -0.15) is 0 Å². The van der Waals surface area contributed by atoms with Gasteiger partial charge < -0.3 is 14.6 Å². The van der Waals surface area contributed by atoms with Gasteiger partial charge in [-0.15, -0.1) is 0 Å². The second-order valence-electron chi connectivity index (χ2n) is 6.62. The first-order chi connectivity index (χ1) is 13.1. The topological polar surface area (TPSA) is 56.1 Å². The summed E-state index contributed by atoms with van der Waals surface area (Å²) in [4.78, 5) is 16.2. The number of aryl methyl sites for hydroxylation is 1. The molecule has 5 heteroatoms. The average molecular weight is 363 g/mol. The molecule has 0 bridgehead atoms. The van der Waals surface area contributed by atoms with Crippen LogP contribution in [0.2, 0.25) is 0 Å². The maximum absolute atomic E-state index is 12.2. The van der Waals surface area contributed by atoms with E-state index in [0.717, 1.165) is 22.6 Å². The van der Waals surface area contributed by atoms with Gasteiger partial charge in [0.2, 0.25) is 5.91 Å². The van der Waals surface area contributed by atoms with Gasteiger partial charge in [0.05, 0.1) is 19.0 Å². The van der Waals surface area contributed by atoms with Crippen molar-refractivity contribution >= 4 is 5.91 Å². The molecule has 0 radical (unpaired) electrons. The van der Waals surface area contributed by atoms with Crippen molar-refractivity contribution in [1.29, 1.82) is 0 Å². The maximum Gasteiger partial charge on any atom is 0.220 e. The largest absolute Gasteiger partial charge is 0.494 e. The van der Waals surface area contributed by atoms with Gasteiger partial charge in [-0.3, -0.25) is 4.79 Å². The van der Waals surface area contributed by atoms with Crippen LogP contribution in [0.15, 0.2) is 67.3 Å². The Bertz CT molecular complexity index is 858. The quantitative estimate of drug-likeness (QED) is 0.610. The van der Waals surface area contributed by atoms with Gasteiger partial charge in [-0.25, -0.2) is 4.98 Å². The molecule has 0 fully saturated rings. The maximum atomic E-state index is 12.2. The van der Waals surface area contributed by atoms with Crippen molar-refractivity contribution in [1.82, 2.24) is 14.9 Å². The lowest BCUT2D eigenvalue weighted by molar-refractivity contribution is -0.121. The lowest BCUT2D eigenvalue weighted by Crippen LogP contribution is -2.26. The second-order valence-corrected chi connectivity index (χ2v) is 6.62. The van der Waals surface area contributed by atoms with E-state index in [1.807, 2.05) is 73.1 Å². The molecule has 2 aromatic carbocycles. The summed E-state index contributed by atoms with van der Waals surface area (Å²) in [6.07, 6.45) is 6.55. The van der Waals surface area contributed by atoms with E-state index in [4.69, 9.17) is 4.74 Å². The molecule has 27 heavy (non-hydrogen) atoms. The zero-order valence-corrected chi connectivity index (χ0v) is 15.8. The molecule has 140 valence electrons. The van der Waals surface area contributed by atoms with Gasteiger partial charge in [0.15, 0.2) is 0 Å². The number of rotatable bonds is 8. The molecule has 1 unspecified atom stereocenters. The highest BCUT2D eigenvalue weighted by Crippen LogP contribution is 2.16.